The van der Waals surface area contributed by atoms with Crippen LogP contribution in [0.1, 0.15) is 33.7 Å². The van der Waals surface area contributed by atoms with Crippen molar-refractivity contribution in [2.24, 2.45) is 0 Å². The number of carbonyl (C=O) groups excluding carboxylic acids is 1. The molecule has 128 valence electrons. The second-order valence-electron chi connectivity index (χ2n) is 4.43. The molecule has 0 saturated carbocycles. The summed E-state index contributed by atoms with van der Waals surface area (Å²) in [6.07, 6.45) is 4.99. The molecule has 5 heteroatoms. The minimum Gasteiger partial charge on any atom is -1.00 e. The Morgan fingerprint density at radius 2 is 1.75 bits per heavy atom. The van der Waals surface area contributed by atoms with E-state index in [1.165, 1.54) is 18.6 Å². The van der Waals surface area contributed by atoms with E-state index in [0.717, 1.165) is 12.8 Å². The van der Waals surface area contributed by atoms with Crippen LogP contribution in [0, 0.1) is 0 Å². The maximum absolute atomic E-state index is 10.3. The first-order valence-corrected chi connectivity index (χ1v) is 7.24. The summed E-state index contributed by atoms with van der Waals surface area (Å²) in [5.74, 6) is -1.27. The maximum atomic E-state index is 10.3. The standard InChI is InChI=1S/C8H8.C7H12O2.C4H6O2.Na.H/c1-2-8-6-4-3-5-7-8;1-3-5-6-9-7(8)4-2;1-3(2)4(5)6;;/h2-7H,1H2;4H,2-3,5-6H2,1H3;1H2,2H3,(H,5,6);;/q;;;+1;-1. The van der Waals surface area contributed by atoms with E-state index in [4.69, 9.17) is 5.11 Å². The van der Waals surface area contributed by atoms with Gasteiger partial charge in [-0.25, -0.2) is 9.59 Å². The molecular weight excluding hydrogens is 315 g/mol. The third-order valence-corrected chi connectivity index (χ3v) is 2.31. The number of carbonyl (C=O) groups is 2. The first-order valence-electron chi connectivity index (χ1n) is 7.24. The van der Waals surface area contributed by atoms with Crippen molar-refractivity contribution in [2.45, 2.75) is 26.7 Å². The zero-order valence-corrected chi connectivity index (χ0v) is 17.0. The van der Waals surface area contributed by atoms with Crippen molar-refractivity contribution in [3.05, 3.63) is 67.3 Å². The summed E-state index contributed by atoms with van der Waals surface area (Å²) in [6, 6.07) is 10.0. The number of esters is 1. The Labute approximate surface area is 168 Å². The van der Waals surface area contributed by atoms with E-state index < -0.39 is 5.97 Å². The van der Waals surface area contributed by atoms with Gasteiger partial charge in [-0.2, -0.15) is 0 Å². The minimum atomic E-state index is -0.935. The van der Waals surface area contributed by atoms with Gasteiger partial charge in [0, 0.05) is 11.6 Å². The molecule has 0 spiro atoms. The van der Waals surface area contributed by atoms with Crippen LogP contribution in [0.4, 0.5) is 0 Å². The molecule has 1 aromatic carbocycles. The Balaban J connectivity index is -0.000000130. The van der Waals surface area contributed by atoms with Crippen LogP contribution in [0.25, 0.3) is 6.08 Å². The quantitative estimate of drug-likeness (QED) is 0.369. The van der Waals surface area contributed by atoms with E-state index in [0.29, 0.717) is 6.61 Å². The van der Waals surface area contributed by atoms with Crippen LogP contribution in [0.15, 0.2) is 61.7 Å². The van der Waals surface area contributed by atoms with Crippen molar-refractivity contribution in [1.82, 2.24) is 0 Å². The average molecular weight is 342 g/mol. The van der Waals surface area contributed by atoms with Crippen molar-refractivity contribution in [3.8, 4) is 0 Å². The van der Waals surface area contributed by atoms with Crippen LogP contribution in [0.3, 0.4) is 0 Å². The van der Waals surface area contributed by atoms with Gasteiger partial charge in [0.05, 0.1) is 6.61 Å². The first kappa shape index (κ1) is 27.2. The molecule has 0 unspecified atom stereocenters. The van der Waals surface area contributed by atoms with Gasteiger partial charge in [0.1, 0.15) is 0 Å². The van der Waals surface area contributed by atoms with Crippen molar-refractivity contribution < 1.29 is 50.4 Å². The SMILES string of the molecule is C=C(C)C(=O)O.C=CC(=O)OCCCC.C=Cc1ccccc1.[H-].[Na+]. The molecular formula is C19H27NaO4. The predicted octanol–water partition coefficient (Wildman–Crippen LogP) is 1.61. The fraction of sp³-hybridized carbons (Fsp3) is 0.263. The van der Waals surface area contributed by atoms with E-state index in [1.807, 2.05) is 43.3 Å². The Bertz CT molecular complexity index is 489. The van der Waals surface area contributed by atoms with Gasteiger partial charge in [-0.1, -0.05) is 69.5 Å². The molecule has 0 fully saturated rings. The second kappa shape index (κ2) is 19.4. The molecule has 1 rings (SSSR count). The van der Waals surface area contributed by atoms with E-state index in [-0.39, 0.29) is 42.5 Å². The van der Waals surface area contributed by atoms with Crippen molar-refractivity contribution in [1.29, 1.82) is 0 Å². The summed E-state index contributed by atoms with van der Waals surface area (Å²) in [7, 11) is 0. The van der Waals surface area contributed by atoms with Crippen LogP contribution in [-0.4, -0.2) is 23.7 Å². The Morgan fingerprint density at radius 3 is 2.04 bits per heavy atom. The maximum Gasteiger partial charge on any atom is 1.00 e. The third-order valence-electron chi connectivity index (χ3n) is 2.31. The van der Waals surface area contributed by atoms with Gasteiger partial charge >= 0.3 is 41.5 Å². The number of hydrogen-bond donors (Lipinski definition) is 1. The number of hydrogen-bond acceptors (Lipinski definition) is 3. The number of unbranched alkanes of at least 4 members (excludes halogenated alkanes) is 1. The molecule has 4 nitrogen and oxygen atoms in total. The second-order valence-corrected chi connectivity index (χ2v) is 4.43. The molecule has 0 aromatic heterocycles. The fourth-order valence-electron chi connectivity index (χ4n) is 0.965. The molecule has 0 aliphatic carbocycles. The fourth-order valence-corrected chi connectivity index (χ4v) is 0.965. The van der Waals surface area contributed by atoms with Gasteiger partial charge in [0.25, 0.3) is 0 Å². The van der Waals surface area contributed by atoms with Crippen LogP contribution in [0.2, 0.25) is 0 Å². The van der Waals surface area contributed by atoms with Gasteiger partial charge in [0.15, 0.2) is 0 Å². The van der Waals surface area contributed by atoms with Crippen LogP contribution < -0.4 is 29.6 Å². The van der Waals surface area contributed by atoms with Crippen LogP contribution in [0.5, 0.6) is 0 Å². The Morgan fingerprint density at radius 1 is 1.25 bits per heavy atom. The van der Waals surface area contributed by atoms with Crippen molar-refractivity contribution in [2.75, 3.05) is 6.61 Å². The summed E-state index contributed by atoms with van der Waals surface area (Å²) in [5, 5.41) is 7.89. The predicted molar refractivity (Wildman–Crippen MR) is 96.2 cm³/mol. The molecule has 0 bridgehead atoms. The summed E-state index contributed by atoms with van der Waals surface area (Å²) in [5.41, 5.74) is 1.35. The van der Waals surface area contributed by atoms with Gasteiger partial charge in [-0.05, 0) is 18.9 Å². The number of rotatable bonds is 6. The minimum absolute atomic E-state index is 0. The molecule has 1 aromatic rings. The zero-order chi connectivity index (χ0) is 18.1. The monoisotopic (exact) mass is 342 g/mol. The van der Waals surface area contributed by atoms with E-state index >= 15 is 0 Å². The molecule has 0 aliphatic heterocycles. The van der Waals surface area contributed by atoms with Gasteiger partial charge in [0.2, 0.25) is 0 Å². The summed E-state index contributed by atoms with van der Waals surface area (Å²) >= 11 is 0. The van der Waals surface area contributed by atoms with Gasteiger partial charge in [-0.15, -0.1) is 0 Å². The van der Waals surface area contributed by atoms with Gasteiger partial charge < -0.3 is 11.3 Å². The molecule has 0 amide bonds. The topological polar surface area (TPSA) is 63.6 Å². The van der Waals surface area contributed by atoms with Crippen molar-refractivity contribution >= 4 is 18.0 Å². The molecule has 0 aliphatic rings. The van der Waals surface area contributed by atoms with E-state index in [9.17, 15) is 9.59 Å². The first-order chi connectivity index (χ1) is 10.9. The largest absolute Gasteiger partial charge is 1.00 e. The Kier molecular flexibility index (Phi) is 22.0. The Hall–Kier alpha value is -1.62. The zero-order valence-electron chi connectivity index (χ0n) is 16.0. The number of carboxylic acid groups (broad SMARTS) is 1. The smallest absolute Gasteiger partial charge is 1.00 e. The summed E-state index contributed by atoms with van der Waals surface area (Å²) in [4.78, 5) is 19.9. The average Bonchev–Trinajstić information content (AvgIpc) is 2.56. The molecule has 0 radical (unpaired) electrons. The third kappa shape index (κ3) is 20.4. The van der Waals surface area contributed by atoms with Crippen LogP contribution >= 0.6 is 0 Å². The number of carboxylic acids is 1. The van der Waals surface area contributed by atoms with E-state index in [1.54, 1.807) is 0 Å². The van der Waals surface area contributed by atoms with Crippen molar-refractivity contribution in [3.63, 3.8) is 0 Å². The van der Waals surface area contributed by atoms with E-state index in [2.05, 4.69) is 24.5 Å². The number of aliphatic carboxylic acids is 1. The molecule has 1 N–H and O–H groups in total. The number of benzene rings is 1. The summed E-state index contributed by atoms with van der Waals surface area (Å²) < 4.78 is 4.67. The van der Waals surface area contributed by atoms with Crippen LogP contribution in [-0.2, 0) is 14.3 Å². The van der Waals surface area contributed by atoms with Gasteiger partial charge in [-0.3, -0.25) is 0 Å². The molecule has 0 atom stereocenters. The summed E-state index contributed by atoms with van der Waals surface area (Å²) in [6.45, 7) is 14.1. The molecule has 0 saturated heterocycles. The normalized spacial score (nSPS) is 7.92. The molecule has 24 heavy (non-hydrogen) atoms. The molecule has 0 heterocycles. The number of ether oxygens (including phenoxy) is 1.